The molecule has 156 valence electrons. The van der Waals surface area contributed by atoms with Crippen LogP contribution in [-0.2, 0) is 4.79 Å². The summed E-state index contributed by atoms with van der Waals surface area (Å²) in [6.07, 6.45) is 9.71. The third-order valence-electron chi connectivity index (χ3n) is 8.04. The topological polar surface area (TPSA) is 40.6 Å². The van der Waals surface area contributed by atoms with Gasteiger partial charge in [-0.25, -0.2) is 9.18 Å². The van der Waals surface area contributed by atoms with Crippen molar-refractivity contribution in [3.8, 4) is 0 Å². The molecule has 1 aromatic rings. The molecule has 4 atom stereocenters. The number of amides is 2. The molecule has 3 aliphatic heterocycles. The van der Waals surface area contributed by atoms with E-state index in [1.54, 1.807) is 12.1 Å². The van der Waals surface area contributed by atoms with Crippen LogP contribution in [0.2, 0.25) is 0 Å². The highest BCUT2D eigenvalue weighted by Crippen LogP contribution is 2.45. The molecular formula is C24H31FN2O2. The molecule has 0 aromatic heterocycles. The fraction of sp³-hybridized carbons (Fsp3) is 0.667. The lowest BCUT2D eigenvalue weighted by molar-refractivity contribution is -0.134. The van der Waals surface area contributed by atoms with Gasteiger partial charge in [-0.05, 0) is 75.0 Å². The summed E-state index contributed by atoms with van der Waals surface area (Å²) in [6, 6.07) is 7.60. The van der Waals surface area contributed by atoms with Crippen LogP contribution in [0.3, 0.4) is 0 Å². The second-order valence-corrected chi connectivity index (χ2v) is 9.73. The third kappa shape index (κ3) is 3.36. The number of benzene rings is 1. The Kier molecular flexibility index (Phi) is 4.87. The molecule has 3 heterocycles. The first-order valence-corrected chi connectivity index (χ1v) is 11.4. The van der Waals surface area contributed by atoms with E-state index in [9.17, 15) is 14.0 Å². The highest BCUT2D eigenvalue weighted by molar-refractivity contribution is 5.87. The van der Waals surface area contributed by atoms with Gasteiger partial charge in [0.25, 0.3) is 0 Å². The molecule has 1 spiro atoms. The first-order valence-electron chi connectivity index (χ1n) is 11.4. The van der Waals surface area contributed by atoms with E-state index in [1.807, 2.05) is 17.0 Å². The van der Waals surface area contributed by atoms with Crippen LogP contribution in [0.15, 0.2) is 24.3 Å². The summed E-state index contributed by atoms with van der Waals surface area (Å²) >= 11 is 0. The van der Waals surface area contributed by atoms with E-state index >= 15 is 0 Å². The second kappa shape index (κ2) is 7.41. The number of nitrogens with zero attached hydrogens (tertiary/aromatic N) is 2. The predicted molar refractivity (Wildman–Crippen MR) is 109 cm³/mol. The number of rotatable bonds is 1. The van der Waals surface area contributed by atoms with Gasteiger partial charge in [0.1, 0.15) is 11.6 Å². The molecule has 0 N–H and O–H groups in total. The number of carbonyl (C=O) groups excluding carboxylic acids is 2. The fourth-order valence-corrected chi connectivity index (χ4v) is 6.54. The minimum absolute atomic E-state index is 0.160. The van der Waals surface area contributed by atoms with Crippen LogP contribution < -0.4 is 0 Å². The molecule has 4 aliphatic rings. The average Bonchev–Trinajstić information content (AvgIpc) is 3.00. The second-order valence-electron chi connectivity index (χ2n) is 9.73. The summed E-state index contributed by atoms with van der Waals surface area (Å²) in [7, 11) is 0. The Balaban J connectivity index is 1.30. The van der Waals surface area contributed by atoms with E-state index in [2.05, 4.69) is 4.90 Å². The van der Waals surface area contributed by atoms with Crippen molar-refractivity contribution in [3.63, 3.8) is 0 Å². The minimum atomic E-state index is -0.266. The monoisotopic (exact) mass is 398 g/mol. The SMILES string of the molecule is O=C(N1CCCC2(CCCCC2=O)C1)N1[C@@H]2CC[C@H]1CC(c1ccc(F)cc1)C2. The number of urea groups is 1. The van der Waals surface area contributed by atoms with Gasteiger partial charge in [-0.3, -0.25) is 4.79 Å². The molecule has 2 amide bonds. The molecular weight excluding hydrogens is 367 g/mol. The number of hydrogen-bond acceptors (Lipinski definition) is 2. The number of piperidine rings is 2. The van der Waals surface area contributed by atoms with Crippen molar-refractivity contribution in [1.82, 2.24) is 9.80 Å². The molecule has 1 aromatic carbocycles. The molecule has 5 rings (SSSR count). The quantitative estimate of drug-likeness (QED) is 0.676. The van der Waals surface area contributed by atoms with Gasteiger partial charge in [0.15, 0.2) is 0 Å². The van der Waals surface area contributed by atoms with E-state index in [4.69, 9.17) is 0 Å². The number of likely N-dealkylation sites (tertiary alicyclic amines) is 1. The smallest absolute Gasteiger partial charge is 0.320 e. The van der Waals surface area contributed by atoms with E-state index in [-0.39, 0.29) is 29.3 Å². The molecule has 4 nitrogen and oxygen atoms in total. The summed E-state index contributed by atoms with van der Waals surface area (Å²) in [4.78, 5) is 30.4. The molecule has 29 heavy (non-hydrogen) atoms. The molecule has 1 saturated carbocycles. The van der Waals surface area contributed by atoms with Crippen LogP contribution in [0.5, 0.6) is 0 Å². The maximum atomic E-state index is 13.5. The highest BCUT2D eigenvalue weighted by Gasteiger charge is 2.48. The van der Waals surface area contributed by atoms with Gasteiger partial charge < -0.3 is 9.80 Å². The Morgan fingerprint density at radius 3 is 2.38 bits per heavy atom. The molecule has 1 aliphatic carbocycles. The van der Waals surface area contributed by atoms with Crippen molar-refractivity contribution in [1.29, 1.82) is 0 Å². The Labute approximate surface area is 172 Å². The van der Waals surface area contributed by atoms with Crippen molar-refractivity contribution in [3.05, 3.63) is 35.6 Å². The summed E-state index contributed by atoms with van der Waals surface area (Å²) in [6.45, 7) is 1.41. The van der Waals surface area contributed by atoms with Gasteiger partial charge >= 0.3 is 6.03 Å². The van der Waals surface area contributed by atoms with Crippen molar-refractivity contribution in [2.75, 3.05) is 13.1 Å². The Bertz CT molecular complexity index is 777. The number of fused-ring (bicyclic) bond motifs is 2. The zero-order valence-electron chi connectivity index (χ0n) is 17.1. The summed E-state index contributed by atoms with van der Waals surface area (Å²) in [5, 5.41) is 0. The summed E-state index contributed by atoms with van der Waals surface area (Å²) in [5.74, 6) is 0.602. The zero-order valence-corrected chi connectivity index (χ0v) is 17.1. The lowest BCUT2D eigenvalue weighted by Gasteiger charge is -2.47. The van der Waals surface area contributed by atoms with Crippen molar-refractivity contribution < 1.29 is 14.0 Å². The summed E-state index contributed by atoms with van der Waals surface area (Å²) < 4.78 is 13.3. The molecule has 3 saturated heterocycles. The first-order chi connectivity index (χ1) is 14.1. The maximum absolute atomic E-state index is 13.5. The number of ketones is 1. The Hall–Kier alpha value is -1.91. The lowest BCUT2D eigenvalue weighted by atomic mass is 9.68. The van der Waals surface area contributed by atoms with Crippen LogP contribution in [0.4, 0.5) is 9.18 Å². The lowest BCUT2D eigenvalue weighted by Crippen LogP contribution is -2.57. The van der Waals surface area contributed by atoms with Crippen LogP contribution in [0.1, 0.15) is 75.7 Å². The summed E-state index contributed by atoms with van der Waals surface area (Å²) in [5.41, 5.74) is 0.928. The largest absolute Gasteiger partial charge is 0.324 e. The first kappa shape index (κ1) is 19.1. The van der Waals surface area contributed by atoms with E-state index < -0.39 is 0 Å². The molecule has 0 radical (unpaired) electrons. The molecule has 2 unspecified atom stereocenters. The van der Waals surface area contributed by atoms with Crippen LogP contribution >= 0.6 is 0 Å². The highest BCUT2D eigenvalue weighted by atomic mass is 19.1. The van der Waals surface area contributed by atoms with Gasteiger partial charge in [-0.15, -0.1) is 0 Å². The normalized spacial score (nSPS) is 34.7. The van der Waals surface area contributed by atoms with Crippen LogP contribution in [-0.4, -0.2) is 46.8 Å². The molecule has 2 bridgehead atoms. The number of Topliss-reactive ketones (excluding diaryl/α,β-unsaturated/α-hetero) is 1. The van der Waals surface area contributed by atoms with Gasteiger partial charge in [0, 0.05) is 37.0 Å². The van der Waals surface area contributed by atoms with Crippen molar-refractivity contribution >= 4 is 11.8 Å². The van der Waals surface area contributed by atoms with E-state index in [0.29, 0.717) is 24.7 Å². The van der Waals surface area contributed by atoms with Crippen molar-refractivity contribution in [2.45, 2.75) is 82.2 Å². The van der Waals surface area contributed by atoms with E-state index in [1.165, 1.54) is 5.56 Å². The Morgan fingerprint density at radius 1 is 1.00 bits per heavy atom. The van der Waals surface area contributed by atoms with E-state index in [0.717, 1.165) is 64.3 Å². The van der Waals surface area contributed by atoms with Crippen molar-refractivity contribution in [2.24, 2.45) is 5.41 Å². The molecule has 4 fully saturated rings. The fourth-order valence-electron chi connectivity index (χ4n) is 6.54. The van der Waals surface area contributed by atoms with Gasteiger partial charge in [0.2, 0.25) is 0 Å². The third-order valence-corrected chi connectivity index (χ3v) is 8.04. The predicted octanol–water partition coefficient (Wildman–Crippen LogP) is 4.88. The standard InChI is InChI=1S/C24H31FN2O2/c25-19-7-5-17(6-8-19)18-14-20-9-10-21(15-18)27(20)23(29)26-13-3-12-24(16-26)11-2-1-4-22(24)28/h5-8,18,20-21H,1-4,9-16H2/t18?,20-,21+,24?. The minimum Gasteiger partial charge on any atom is -0.324 e. The maximum Gasteiger partial charge on any atom is 0.320 e. The van der Waals surface area contributed by atoms with Gasteiger partial charge in [-0.2, -0.15) is 0 Å². The number of carbonyl (C=O) groups is 2. The van der Waals surface area contributed by atoms with Crippen LogP contribution in [0, 0.1) is 11.2 Å². The van der Waals surface area contributed by atoms with Gasteiger partial charge in [0.05, 0.1) is 0 Å². The number of hydrogen-bond donors (Lipinski definition) is 0. The zero-order chi connectivity index (χ0) is 20.0. The Morgan fingerprint density at radius 2 is 1.69 bits per heavy atom. The average molecular weight is 399 g/mol. The van der Waals surface area contributed by atoms with Gasteiger partial charge in [-0.1, -0.05) is 18.6 Å². The molecule has 5 heteroatoms. The number of halogens is 1. The van der Waals surface area contributed by atoms with Crippen LogP contribution in [0.25, 0.3) is 0 Å².